The summed E-state index contributed by atoms with van der Waals surface area (Å²) >= 11 is -0.553. The monoisotopic (exact) mass is 325 g/mol. The topological polar surface area (TPSA) is 15.3 Å². The summed E-state index contributed by atoms with van der Waals surface area (Å²) in [7, 11) is 0. The summed E-state index contributed by atoms with van der Waals surface area (Å²) in [5, 5.41) is 0. The van der Waals surface area contributed by atoms with E-state index in [2.05, 4.69) is 41.6 Å². The first-order chi connectivity index (χ1) is 4.99. The van der Waals surface area contributed by atoms with Gasteiger partial charge in [0, 0.05) is 0 Å². The van der Waals surface area contributed by atoms with E-state index in [0.717, 1.165) is 0 Å². The standard InChI is InChI=1S/2C4H10N.Ta/c1-4(2,3)5;1-3-5-4-2;/h5H,1-3H3;3-4H2,1-2H3;/q2*-1;+2. The molecule has 0 heterocycles. The quantitative estimate of drug-likeness (QED) is 0.845. The van der Waals surface area contributed by atoms with Crippen LogP contribution >= 0.6 is 0 Å². The Bertz CT molecular complexity index is 94.8. The molecule has 0 bridgehead atoms. The first kappa shape index (κ1) is 11.7. The van der Waals surface area contributed by atoms with Crippen LogP contribution < -0.4 is 3.72 Å². The minimum atomic E-state index is -0.553. The summed E-state index contributed by atoms with van der Waals surface area (Å²) in [5.74, 6) is 0. The molecule has 0 saturated carbocycles. The van der Waals surface area contributed by atoms with Crippen molar-refractivity contribution in [3.05, 3.63) is 0 Å². The van der Waals surface area contributed by atoms with Gasteiger partial charge in [-0.2, -0.15) is 0 Å². The fourth-order valence-corrected chi connectivity index (χ4v) is 3.19. The molecule has 11 heavy (non-hydrogen) atoms. The van der Waals surface area contributed by atoms with E-state index in [-0.39, 0.29) is 0 Å². The van der Waals surface area contributed by atoms with Gasteiger partial charge in [-0.05, 0) is 0 Å². The van der Waals surface area contributed by atoms with Crippen molar-refractivity contribution in [2.45, 2.75) is 40.2 Å². The summed E-state index contributed by atoms with van der Waals surface area (Å²) in [6.07, 6.45) is 0. The third kappa shape index (κ3) is 7.04. The number of nitrogens with zero attached hydrogens (tertiary/aromatic N) is 1. The second kappa shape index (κ2) is 5.33. The molecule has 0 aliphatic rings. The van der Waals surface area contributed by atoms with Gasteiger partial charge in [-0.3, -0.25) is 0 Å². The van der Waals surface area contributed by atoms with Gasteiger partial charge < -0.3 is 0 Å². The van der Waals surface area contributed by atoms with Crippen molar-refractivity contribution in [1.82, 2.24) is 7.02 Å². The van der Waals surface area contributed by atoms with Crippen molar-refractivity contribution in [1.29, 1.82) is 0 Å². The van der Waals surface area contributed by atoms with Crippen LogP contribution in [0.2, 0.25) is 0 Å². The van der Waals surface area contributed by atoms with Crippen molar-refractivity contribution in [3.8, 4) is 0 Å². The molecule has 0 unspecified atom stereocenters. The van der Waals surface area contributed by atoms with Gasteiger partial charge in [-0.25, -0.2) is 0 Å². The van der Waals surface area contributed by atoms with Crippen molar-refractivity contribution < 1.29 is 20.3 Å². The molecule has 0 spiro atoms. The van der Waals surface area contributed by atoms with Gasteiger partial charge in [0.05, 0.1) is 0 Å². The molecule has 0 aromatic heterocycles. The van der Waals surface area contributed by atoms with Gasteiger partial charge in [0.15, 0.2) is 0 Å². The Balaban J connectivity index is 3.51. The second-order valence-corrected chi connectivity index (χ2v) is 7.15. The van der Waals surface area contributed by atoms with Crippen LogP contribution in [0.25, 0.3) is 0 Å². The molecule has 0 radical (unpaired) electrons. The predicted octanol–water partition coefficient (Wildman–Crippen LogP) is 1.63. The first-order valence-electron chi connectivity index (χ1n) is 4.22. The van der Waals surface area contributed by atoms with Gasteiger partial charge in [0.1, 0.15) is 0 Å². The molecule has 0 atom stereocenters. The van der Waals surface area contributed by atoms with E-state index < -0.39 is 20.3 Å². The Hall–Kier alpha value is 0.660. The Morgan fingerprint density at radius 3 is 1.91 bits per heavy atom. The molecular formula is C8H20N2Ta. The molecule has 67 valence electrons. The van der Waals surface area contributed by atoms with E-state index in [0.29, 0.717) is 5.54 Å². The number of hydrogen-bond donors (Lipinski definition) is 1. The van der Waals surface area contributed by atoms with Crippen LogP contribution in [0.15, 0.2) is 0 Å². The molecule has 0 fully saturated rings. The second-order valence-electron chi connectivity index (χ2n) is 3.60. The number of rotatable bonds is 4. The van der Waals surface area contributed by atoms with Gasteiger partial charge in [0.25, 0.3) is 0 Å². The van der Waals surface area contributed by atoms with Crippen LogP contribution in [0.4, 0.5) is 0 Å². The summed E-state index contributed by atoms with van der Waals surface area (Å²) in [6, 6.07) is 0. The zero-order chi connectivity index (χ0) is 8.91. The van der Waals surface area contributed by atoms with E-state index in [1.54, 1.807) is 0 Å². The molecule has 0 aromatic rings. The molecule has 3 heteroatoms. The zero-order valence-electron chi connectivity index (χ0n) is 8.31. The van der Waals surface area contributed by atoms with Crippen molar-refractivity contribution in [2.24, 2.45) is 0 Å². The Morgan fingerprint density at radius 2 is 1.64 bits per heavy atom. The van der Waals surface area contributed by atoms with Gasteiger partial charge >= 0.3 is 80.5 Å². The SMILES string of the molecule is CC[N](CC)[Ta][NH]C(C)(C)C. The summed E-state index contributed by atoms with van der Waals surface area (Å²) in [6.45, 7) is 13.6. The first-order valence-corrected chi connectivity index (χ1v) is 7.26. The fraction of sp³-hybridized carbons (Fsp3) is 1.00. The fourth-order valence-electron chi connectivity index (χ4n) is 0.586. The van der Waals surface area contributed by atoms with Gasteiger partial charge in [-0.1, -0.05) is 0 Å². The minimum absolute atomic E-state index is 0.319. The third-order valence-electron chi connectivity index (χ3n) is 1.26. The number of hydrogen-bond acceptors (Lipinski definition) is 2. The molecule has 0 amide bonds. The molecule has 0 aliphatic heterocycles. The van der Waals surface area contributed by atoms with Crippen LogP contribution in [0.3, 0.4) is 0 Å². The average molecular weight is 325 g/mol. The molecule has 0 rings (SSSR count). The molecule has 0 saturated heterocycles. The van der Waals surface area contributed by atoms with E-state index in [1.807, 2.05) is 0 Å². The average Bonchev–Trinajstić information content (AvgIpc) is 1.88. The predicted molar refractivity (Wildman–Crippen MR) is 45.8 cm³/mol. The third-order valence-corrected chi connectivity index (χ3v) is 7.07. The number of nitrogens with one attached hydrogen (secondary N) is 1. The normalized spacial score (nSPS) is 12.2. The Labute approximate surface area is 80.7 Å². The summed E-state index contributed by atoms with van der Waals surface area (Å²) in [5.41, 5.74) is 0.319. The summed E-state index contributed by atoms with van der Waals surface area (Å²) < 4.78 is 6.18. The Kier molecular flexibility index (Phi) is 5.65. The zero-order valence-corrected chi connectivity index (χ0v) is 11.5. The van der Waals surface area contributed by atoms with Gasteiger partial charge in [0.2, 0.25) is 0 Å². The van der Waals surface area contributed by atoms with Gasteiger partial charge in [-0.15, -0.1) is 0 Å². The van der Waals surface area contributed by atoms with Crippen LogP contribution in [0, 0.1) is 0 Å². The van der Waals surface area contributed by atoms with E-state index in [4.69, 9.17) is 0 Å². The van der Waals surface area contributed by atoms with Crippen LogP contribution in [-0.4, -0.2) is 21.9 Å². The molecule has 1 N–H and O–H groups in total. The van der Waals surface area contributed by atoms with Crippen molar-refractivity contribution >= 4 is 0 Å². The van der Waals surface area contributed by atoms with E-state index >= 15 is 0 Å². The maximum absolute atomic E-state index is 3.63. The maximum atomic E-state index is 3.63. The summed E-state index contributed by atoms with van der Waals surface area (Å²) in [4.78, 5) is 0. The van der Waals surface area contributed by atoms with Crippen molar-refractivity contribution in [2.75, 3.05) is 13.1 Å². The molecule has 0 aliphatic carbocycles. The molecule has 0 aromatic carbocycles. The Morgan fingerprint density at radius 1 is 1.18 bits per heavy atom. The molecular weight excluding hydrogens is 305 g/mol. The van der Waals surface area contributed by atoms with Crippen LogP contribution in [0.5, 0.6) is 0 Å². The van der Waals surface area contributed by atoms with Crippen LogP contribution in [0.1, 0.15) is 34.6 Å². The molecule has 2 nitrogen and oxygen atoms in total. The van der Waals surface area contributed by atoms with Crippen LogP contribution in [-0.2, 0) is 20.3 Å². The van der Waals surface area contributed by atoms with E-state index in [1.165, 1.54) is 13.1 Å². The van der Waals surface area contributed by atoms with Crippen molar-refractivity contribution in [3.63, 3.8) is 0 Å². The van der Waals surface area contributed by atoms with E-state index in [9.17, 15) is 0 Å².